The molecule has 0 radical (unpaired) electrons. The van der Waals surface area contributed by atoms with Gasteiger partial charge in [0.15, 0.2) is 0 Å². The van der Waals surface area contributed by atoms with Crippen LogP contribution in [0.2, 0.25) is 0 Å². The fourth-order valence-corrected chi connectivity index (χ4v) is 2.11. The largest absolute Gasteiger partial charge is 0.481 e. The molecule has 2 rings (SSSR count). The van der Waals surface area contributed by atoms with Crippen molar-refractivity contribution in [1.82, 2.24) is 10.3 Å². The van der Waals surface area contributed by atoms with Crippen molar-refractivity contribution in [3.63, 3.8) is 0 Å². The molecular formula is C15H15BrN2O2. The number of benzene rings is 1. The Labute approximate surface area is 126 Å². The lowest BCUT2D eigenvalue weighted by atomic mass is 10.1. The molecule has 104 valence electrons. The summed E-state index contributed by atoms with van der Waals surface area (Å²) < 4.78 is 5.88. The van der Waals surface area contributed by atoms with Crippen molar-refractivity contribution in [2.45, 2.75) is 13.5 Å². The number of hydrogen-bond acceptors (Lipinski definition) is 3. The van der Waals surface area contributed by atoms with E-state index in [1.807, 2.05) is 31.2 Å². The van der Waals surface area contributed by atoms with E-state index in [2.05, 4.69) is 26.2 Å². The van der Waals surface area contributed by atoms with Crippen molar-refractivity contribution in [2.24, 2.45) is 0 Å². The van der Waals surface area contributed by atoms with Gasteiger partial charge in [0, 0.05) is 28.8 Å². The average molecular weight is 335 g/mol. The molecular weight excluding hydrogens is 320 g/mol. The Kier molecular flexibility index (Phi) is 4.74. The minimum atomic E-state index is -0.0976. The smallest absolute Gasteiger partial charge is 0.251 e. The lowest BCUT2D eigenvalue weighted by Crippen LogP contribution is -2.23. The molecule has 20 heavy (non-hydrogen) atoms. The van der Waals surface area contributed by atoms with E-state index in [0.29, 0.717) is 18.0 Å². The number of nitrogens with one attached hydrogen (secondary N) is 1. The molecule has 0 unspecified atom stereocenters. The minimum absolute atomic E-state index is 0.0976. The van der Waals surface area contributed by atoms with Crippen molar-refractivity contribution < 1.29 is 9.53 Å². The van der Waals surface area contributed by atoms with E-state index in [0.717, 1.165) is 15.6 Å². The number of pyridine rings is 1. The second-order valence-corrected chi connectivity index (χ2v) is 5.27. The highest BCUT2D eigenvalue weighted by Gasteiger charge is 2.09. The Hall–Kier alpha value is -1.88. The first-order chi connectivity index (χ1) is 9.60. The van der Waals surface area contributed by atoms with E-state index in [9.17, 15) is 4.79 Å². The van der Waals surface area contributed by atoms with Gasteiger partial charge in [0.2, 0.25) is 5.88 Å². The fraction of sp³-hybridized carbons (Fsp3) is 0.200. The number of hydrogen-bond donors (Lipinski definition) is 1. The monoisotopic (exact) mass is 334 g/mol. The molecule has 1 amide bonds. The van der Waals surface area contributed by atoms with E-state index in [-0.39, 0.29) is 5.91 Å². The highest BCUT2D eigenvalue weighted by molar-refractivity contribution is 9.10. The second-order valence-electron chi connectivity index (χ2n) is 4.35. The van der Waals surface area contributed by atoms with Crippen LogP contribution >= 0.6 is 15.9 Å². The Morgan fingerprint density at radius 1 is 1.35 bits per heavy atom. The average Bonchev–Trinajstić information content (AvgIpc) is 2.47. The predicted octanol–water partition coefficient (Wildman–Crippen LogP) is 3.09. The molecule has 1 heterocycles. The molecule has 4 nitrogen and oxygen atoms in total. The molecule has 2 aromatic rings. The molecule has 0 fully saturated rings. The van der Waals surface area contributed by atoms with Gasteiger partial charge in [0.25, 0.3) is 5.91 Å². The first-order valence-electron chi connectivity index (χ1n) is 6.13. The quantitative estimate of drug-likeness (QED) is 0.934. The molecule has 0 saturated heterocycles. The lowest BCUT2D eigenvalue weighted by Gasteiger charge is -2.08. The number of aryl methyl sites for hydroxylation is 1. The Balaban J connectivity index is 2.02. The molecule has 0 bridgehead atoms. The van der Waals surface area contributed by atoms with Crippen molar-refractivity contribution >= 4 is 21.8 Å². The van der Waals surface area contributed by atoms with E-state index < -0.39 is 0 Å². The van der Waals surface area contributed by atoms with Crippen LogP contribution in [0.3, 0.4) is 0 Å². The van der Waals surface area contributed by atoms with Crippen molar-refractivity contribution in [2.75, 3.05) is 7.11 Å². The van der Waals surface area contributed by atoms with E-state index >= 15 is 0 Å². The number of methoxy groups -OCH3 is 1. The molecule has 0 spiro atoms. The summed E-state index contributed by atoms with van der Waals surface area (Å²) in [5.41, 5.74) is 2.53. The van der Waals surface area contributed by atoms with Crippen molar-refractivity contribution in [1.29, 1.82) is 0 Å². The summed E-state index contributed by atoms with van der Waals surface area (Å²) >= 11 is 3.37. The summed E-state index contributed by atoms with van der Waals surface area (Å²) in [6.07, 6.45) is 1.69. The molecule has 0 aliphatic carbocycles. The highest BCUT2D eigenvalue weighted by Crippen LogP contribution is 2.16. The maximum atomic E-state index is 12.1. The summed E-state index contributed by atoms with van der Waals surface area (Å²) in [5.74, 6) is 0.461. The van der Waals surface area contributed by atoms with Crippen LogP contribution in [0.15, 0.2) is 41.0 Å². The zero-order valence-corrected chi connectivity index (χ0v) is 12.9. The number of carbonyl (C=O) groups excluding carboxylic acids is 1. The second kappa shape index (κ2) is 6.52. The fourth-order valence-electron chi connectivity index (χ4n) is 1.75. The third-order valence-electron chi connectivity index (χ3n) is 2.90. The predicted molar refractivity (Wildman–Crippen MR) is 80.8 cm³/mol. The molecule has 1 N–H and O–H groups in total. The zero-order chi connectivity index (χ0) is 14.5. The normalized spacial score (nSPS) is 10.2. The van der Waals surface area contributed by atoms with Gasteiger partial charge in [0.1, 0.15) is 0 Å². The van der Waals surface area contributed by atoms with Gasteiger partial charge in [-0.1, -0.05) is 28.1 Å². The van der Waals surface area contributed by atoms with Crippen LogP contribution in [-0.4, -0.2) is 18.0 Å². The van der Waals surface area contributed by atoms with Gasteiger partial charge in [-0.05, 0) is 30.2 Å². The van der Waals surface area contributed by atoms with Crippen LogP contribution in [-0.2, 0) is 6.54 Å². The van der Waals surface area contributed by atoms with Crippen LogP contribution in [0.25, 0.3) is 0 Å². The first-order valence-corrected chi connectivity index (χ1v) is 6.92. The number of ether oxygens (including phenoxy) is 1. The SMILES string of the molecule is COc1ccc(CNC(=O)c2cc(Br)ccc2C)cn1. The van der Waals surface area contributed by atoms with E-state index in [4.69, 9.17) is 4.74 Å². The van der Waals surface area contributed by atoms with Crippen molar-refractivity contribution in [3.8, 4) is 5.88 Å². The molecule has 1 aromatic heterocycles. The number of rotatable bonds is 4. The van der Waals surface area contributed by atoms with E-state index in [1.165, 1.54) is 0 Å². The van der Waals surface area contributed by atoms with Gasteiger partial charge in [-0.25, -0.2) is 4.98 Å². The van der Waals surface area contributed by atoms with E-state index in [1.54, 1.807) is 19.4 Å². The highest BCUT2D eigenvalue weighted by atomic mass is 79.9. The molecule has 1 aromatic carbocycles. The molecule has 0 aliphatic heterocycles. The zero-order valence-electron chi connectivity index (χ0n) is 11.3. The molecule has 0 atom stereocenters. The topological polar surface area (TPSA) is 51.2 Å². The summed E-state index contributed by atoms with van der Waals surface area (Å²) in [6, 6.07) is 9.29. The van der Waals surface area contributed by atoms with Gasteiger partial charge in [-0.15, -0.1) is 0 Å². The maximum Gasteiger partial charge on any atom is 0.251 e. The summed E-state index contributed by atoms with van der Waals surface area (Å²) in [6.45, 7) is 2.35. The molecule has 0 aliphatic rings. The minimum Gasteiger partial charge on any atom is -0.481 e. The number of carbonyl (C=O) groups is 1. The van der Waals surface area contributed by atoms with Gasteiger partial charge in [-0.3, -0.25) is 4.79 Å². The Morgan fingerprint density at radius 3 is 2.80 bits per heavy atom. The number of aromatic nitrogens is 1. The van der Waals surface area contributed by atoms with Crippen LogP contribution in [0.4, 0.5) is 0 Å². The number of nitrogens with zero attached hydrogens (tertiary/aromatic N) is 1. The molecule has 5 heteroatoms. The summed E-state index contributed by atoms with van der Waals surface area (Å²) in [5, 5.41) is 2.88. The number of amides is 1. The Morgan fingerprint density at radius 2 is 2.15 bits per heavy atom. The third kappa shape index (κ3) is 3.57. The lowest BCUT2D eigenvalue weighted by molar-refractivity contribution is 0.0950. The molecule has 0 saturated carbocycles. The third-order valence-corrected chi connectivity index (χ3v) is 3.40. The standard InChI is InChI=1S/C15H15BrN2O2/c1-10-3-5-12(16)7-13(10)15(19)18-9-11-4-6-14(20-2)17-8-11/h3-8H,9H2,1-2H3,(H,18,19). The van der Waals surface area contributed by atoms with Crippen LogP contribution < -0.4 is 10.1 Å². The summed E-state index contributed by atoms with van der Waals surface area (Å²) in [4.78, 5) is 16.2. The summed E-state index contributed by atoms with van der Waals surface area (Å²) in [7, 11) is 1.57. The van der Waals surface area contributed by atoms with Gasteiger partial charge in [0.05, 0.1) is 7.11 Å². The van der Waals surface area contributed by atoms with Gasteiger partial charge < -0.3 is 10.1 Å². The Bertz CT molecular complexity index is 612. The van der Waals surface area contributed by atoms with Gasteiger partial charge in [-0.2, -0.15) is 0 Å². The first kappa shape index (κ1) is 14.5. The van der Waals surface area contributed by atoms with Gasteiger partial charge >= 0.3 is 0 Å². The van der Waals surface area contributed by atoms with Crippen LogP contribution in [0.5, 0.6) is 5.88 Å². The maximum absolute atomic E-state index is 12.1. The van der Waals surface area contributed by atoms with Crippen LogP contribution in [0, 0.1) is 6.92 Å². The van der Waals surface area contributed by atoms with Crippen molar-refractivity contribution in [3.05, 3.63) is 57.7 Å². The van der Waals surface area contributed by atoms with Crippen LogP contribution in [0.1, 0.15) is 21.5 Å². The number of halogens is 1.